The SMILES string of the molecule is CCNC(=NCCNS(=O)(=O)c1cccnc1)N1CCC(Cc2ccccc2)C1.I. The molecule has 2 aromatic rings. The standard InChI is InChI=1S/C21H29N5O2S.HI/c1-2-23-21(24-12-13-25-29(27,28)20-9-6-11-22-16-20)26-14-10-19(17-26)15-18-7-4-3-5-8-18;/h3-9,11,16,19,25H,2,10,12-15,17H2,1H3,(H,23,24);1H. The van der Waals surface area contributed by atoms with Gasteiger partial charge in [0.25, 0.3) is 0 Å². The van der Waals surface area contributed by atoms with Crippen LogP contribution in [0.1, 0.15) is 18.9 Å². The molecule has 1 saturated heterocycles. The maximum atomic E-state index is 12.2. The van der Waals surface area contributed by atoms with E-state index >= 15 is 0 Å². The molecular weight excluding hydrogens is 513 g/mol. The van der Waals surface area contributed by atoms with Crippen LogP contribution < -0.4 is 10.0 Å². The Morgan fingerprint density at radius 1 is 1.23 bits per heavy atom. The molecule has 7 nitrogen and oxygen atoms in total. The number of hydrogen-bond donors (Lipinski definition) is 2. The summed E-state index contributed by atoms with van der Waals surface area (Å²) in [6.07, 6.45) is 5.09. The minimum atomic E-state index is -3.55. The third-order valence-corrected chi connectivity index (χ3v) is 6.34. The summed E-state index contributed by atoms with van der Waals surface area (Å²) in [5.41, 5.74) is 1.37. The lowest BCUT2D eigenvalue weighted by Gasteiger charge is -2.21. The van der Waals surface area contributed by atoms with Crippen LogP contribution in [0.3, 0.4) is 0 Å². The van der Waals surface area contributed by atoms with Gasteiger partial charge in [0, 0.05) is 38.6 Å². The molecule has 164 valence electrons. The van der Waals surface area contributed by atoms with Crippen molar-refractivity contribution in [3.05, 3.63) is 60.4 Å². The molecule has 2 heterocycles. The number of hydrogen-bond acceptors (Lipinski definition) is 4. The van der Waals surface area contributed by atoms with E-state index < -0.39 is 10.0 Å². The van der Waals surface area contributed by atoms with Crippen molar-refractivity contribution in [2.45, 2.75) is 24.7 Å². The zero-order valence-electron chi connectivity index (χ0n) is 17.2. The van der Waals surface area contributed by atoms with Crippen LogP contribution in [0, 0.1) is 5.92 Å². The number of rotatable bonds is 8. The van der Waals surface area contributed by atoms with Crippen molar-refractivity contribution in [1.82, 2.24) is 19.9 Å². The minimum Gasteiger partial charge on any atom is -0.357 e. The Labute approximate surface area is 196 Å². The van der Waals surface area contributed by atoms with Gasteiger partial charge >= 0.3 is 0 Å². The summed E-state index contributed by atoms with van der Waals surface area (Å²) in [6.45, 7) is 5.36. The van der Waals surface area contributed by atoms with E-state index in [4.69, 9.17) is 0 Å². The lowest BCUT2D eigenvalue weighted by molar-refractivity contribution is 0.460. The van der Waals surface area contributed by atoms with Gasteiger partial charge in [0.05, 0.1) is 6.54 Å². The highest BCUT2D eigenvalue weighted by Gasteiger charge is 2.25. The van der Waals surface area contributed by atoms with Gasteiger partial charge in [-0.25, -0.2) is 13.1 Å². The van der Waals surface area contributed by atoms with Gasteiger partial charge in [-0.1, -0.05) is 30.3 Å². The largest absolute Gasteiger partial charge is 0.357 e. The van der Waals surface area contributed by atoms with E-state index in [2.05, 4.69) is 49.2 Å². The highest BCUT2D eigenvalue weighted by Crippen LogP contribution is 2.20. The van der Waals surface area contributed by atoms with E-state index in [1.807, 2.05) is 13.0 Å². The van der Waals surface area contributed by atoms with Crippen molar-refractivity contribution < 1.29 is 8.42 Å². The maximum Gasteiger partial charge on any atom is 0.242 e. The average Bonchev–Trinajstić information content (AvgIpc) is 3.20. The van der Waals surface area contributed by atoms with E-state index in [1.54, 1.807) is 12.3 Å². The van der Waals surface area contributed by atoms with E-state index in [1.165, 1.54) is 17.8 Å². The zero-order chi connectivity index (χ0) is 20.5. The predicted molar refractivity (Wildman–Crippen MR) is 131 cm³/mol. The molecule has 1 atom stereocenters. The highest BCUT2D eigenvalue weighted by atomic mass is 127. The first-order chi connectivity index (χ1) is 14.1. The molecule has 9 heteroatoms. The van der Waals surface area contributed by atoms with Gasteiger partial charge in [0.1, 0.15) is 4.90 Å². The first-order valence-electron chi connectivity index (χ1n) is 10.1. The van der Waals surface area contributed by atoms with Gasteiger partial charge in [-0.2, -0.15) is 0 Å². The summed E-state index contributed by atoms with van der Waals surface area (Å²) in [7, 11) is -3.55. The fraction of sp³-hybridized carbons (Fsp3) is 0.429. The second-order valence-corrected chi connectivity index (χ2v) is 8.88. The molecule has 0 saturated carbocycles. The Balaban J connectivity index is 0.00000320. The molecule has 1 aliphatic rings. The van der Waals surface area contributed by atoms with E-state index in [9.17, 15) is 8.42 Å². The Morgan fingerprint density at radius 3 is 2.73 bits per heavy atom. The summed E-state index contributed by atoms with van der Waals surface area (Å²) < 4.78 is 27.1. The van der Waals surface area contributed by atoms with Crippen molar-refractivity contribution in [2.75, 3.05) is 32.7 Å². The molecule has 2 N–H and O–H groups in total. The van der Waals surface area contributed by atoms with Gasteiger partial charge in [-0.05, 0) is 43.4 Å². The number of guanidine groups is 1. The van der Waals surface area contributed by atoms with Crippen LogP contribution >= 0.6 is 24.0 Å². The topological polar surface area (TPSA) is 86.7 Å². The number of likely N-dealkylation sites (tertiary alicyclic amines) is 1. The number of aliphatic imine (C=N–C) groups is 1. The summed E-state index contributed by atoms with van der Waals surface area (Å²) in [5.74, 6) is 1.45. The number of benzene rings is 1. The summed E-state index contributed by atoms with van der Waals surface area (Å²) in [4.78, 5) is 10.9. The third kappa shape index (κ3) is 7.21. The van der Waals surface area contributed by atoms with Crippen LogP contribution in [0.25, 0.3) is 0 Å². The number of sulfonamides is 1. The second-order valence-electron chi connectivity index (χ2n) is 7.11. The van der Waals surface area contributed by atoms with Crippen LogP contribution in [0.5, 0.6) is 0 Å². The molecule has 30 heavy (non-hydrogen) atoms. The molecule has 1 unspecified atom stereocenters. The normalized spacial score (nSPS) is 16.9. The quantitative estimate of drug-likeness (QED) is 0.231. The molecular formula is C21H30IN5O2S. The molecule has 1 aromatic heterocycles. The van der Waals surface area contributed by atoms with E-state index in [0.29, 0.717) is 12.5 Å². The first kappa shape index (κ1) is 24.5. The third-order valence-electron chi connectivity index (χ3n) is 4.90. The Hall–Kier alpha value is -1.72. The van der Waals surface area contributed by atoms with Gasteiger partial charge < -0.3 is 10.2 Å². The molecule has 0 spiro atoms. The molecule has 1 aliphatic heterocycles. The lowest BCUT2D eigenvalue weighted by atomic mass is 9.99. The van der Waals surface area contributed by atoms with Crippen molar-refractivity contribution in [3.8, 4) is 0 Å². The van der Waals surface area contributed by atoms with Gasteiger partial charge in [0.2, 0.25) is 10.0 Å². The molecule has 0 bridgehead atoms. The summed E-state index contributed by atoms with van der Waals surface area (Å²) in [6, 6.07) is 13.7. The van der Waals surface area contributed by atoms with Crippen molar-refractivity contribution >= 4 is 40.0 Å². The Kier molecular flexibility index (Phi) is 9.99. The second kappa shape index (κ2) is 12.2. The predicted octanol–water partition coefficient (Wildman–Crippen LogP) is 2.51. The van der Waals surface area contributed by atoms with Gasteiger partial charge in [0.15, 0.2) is 5.96 Å². The maximum absolute atomic E-state index is 12.2. The van der Waals surface area contributed by atoms with E-state index in [0.717, 1.165) is 38.4 Å². The summed E-state index contributed by atoms with van der Waals surface area (Å²) in [5, 5.41) is 3.33. The monoisotopic (exact) mass is 543 g/mol. The van der Waals surface area contributed by atoms with Crippen LogP contribution in [-0.2, 0) is 16.4 Å². The molecule has 0 amide bonds. The van der Waals surface area contributed by atoms with E-state index in [-0.39, 0.29) is 35.4 Å². The van der Waals surface area contributed by atoms with Crippen LogP contribution in [0.15, 0.2) is 64.7 Å². The number of nitrogens with one attached hydrogen (secondary N) is 2. The van der Waals surface area contributed by atoms with Crippen LogP contribution in [0.2, 0.25) is 0 Å². The van der Waals surface area contributed by atoms with Crippen LogP contribution in [-0.4, -0.2) is 57.0 Å². The van der Waals surface area contributed by atoms with Crippen molar-refractivity contribution in [2.24, 2.45) is 10.9 Å². The molecule has 0 aliphatic carbocycles. The van der Waals surface area contributed by atoms with Gasteiger partial charge in [-0.3, -0.25) is 9.98 Å². The molecule has 0 radical (unpaired) electrons. The fourth-order valence-corrected chi connectivity index (χ4v) is 4.48. The number of nitrogens with zero attached hydrogens (tertiary/aromatic N) is 3. The summed E-state index contributed by atoms with van der Waals surface area (Å²) >= 11 is 0. The molecule has 1 fully saturated rings. The lowest BCUT2D eigenvalue weighted by Crippen LogP contribution is -2.40. The zero-order valence-corrected chi connectivity index (χ0v) is 20.3. The number of halogens is 1. The average molecular weight is 543 g/mol. The van der Waals surface area contributed by atoms with Crippen LogP contribution in [0.4, 0.5) is 0 Å². The number of pyridine rings is 1. The number of aromatic nitrogens is 1. The highest BCUT2D eigenvalue weighted by molar-refractivity contribution is 14.0. The first-order valence-corrected chi connectivity index (χ1v) is 11.5. The smallest absolute Gasteiger partial charge is 0.242 e. The van der Waals surface area contributed by atoms with Crippen molar-refractivity contribution in [1.29, 1.82) is 0 Å². The molecule has 3 rings (SSSR count). The Morgan fingerprint density at radius 2 is 2.03 bits per heavy atom. The molecule has 1 aromatic carbocycles. The Bertz CT molecular complexity index is 894. The minimum absolute atomic E-state index is 0. The van der Waals surface area contributed by atoms with Gasteiger partial charge in [-0.15, -0.1) is 24.0 Å². The van der Waals surface area contributed by atoms with Crippen molar-refractivity contribution in [3.63, 3.8) is 0 Å². The fourth-order valence-electron chi connectivity index (χ4n) is 3.50.